The molecule has 112 valence electrons. The summed E-state index contributed by atoms with van der Waals surface area (Å²) in [6.07, 6.45) is 0. The first kappa shape index (κ1) is 14.8. The Bertz CT molecular complexity index is 644. The second-order valence-electron chi connectivity index (χ2n) is 5.33. The second-order valence-corrected chi connectivity index (χ2v) is 8.32. The molecule has 0 saturated carbocycles. The Kier molecular flexibility index (Phi) is 4.17. The number of thioether (sulfide) groups is 2. The molecule has 1 saturated heterocycles. The lowest BCUT2D eigenvalue weighted by atomic mass is 10.1. The van der Waals surface area contributed by atoms with Gasteiger partial charge in [-0.05, 0) is 24.6 Å². The summed E-state index contributed by atoms with van der Waals surface area (Å²) in [4.78, 5) is 4.51. The zero-order valence-electron chi connectivity index (χ0n) is 12.2. The van der Waals surface area contributed by atoms with Crippen molar-refractivity contribution in [1.29, 1.82) is 0 Å². The fraction of sp³-hybridized carbons (Fsp3) is 0.467. The average molecular weight is 322 g/mol. The molecule has 1 aliphatic rings. The van der Waals surface area contributed by atoms with E-state index in [0.717, 1.165) is 22.7 Å². The predicted molar refractivity (Wildman–Crippen MR) is 87.8 cm³/mol. The Morgan fingerprint density at radius 3 is 2.81 bits per heavy atom. The van der Waals surface area contributed by atoms with Crippen molar-refractivity contribution in [1.82, 2.24) is 10.1 Å². The number of aryl methyl sites for hydroxylation is 1. The Balaban J connectivity index is 1.81. The molecule has 0 bridgehead atoms. The van der Waals surface area contributed by atoms with Gasteiger partial charge in [0, 0.05) is 21.8 Å². The molecule has 1 aromatic carbocycles. The Morgan fingerprint density at radius 1 is 1.29 bits per heavy atom. The van der Waals surface area contributed by atoms with E-state index in [2.05, 4.69) is 24.0 Å². The van der Waals surface area contributed by atoms with Gasteiger partial charge in [-0.15, -0.1) is 11.8 Å². The van der Waals surface area contributed by atoms with Crippen LogP contribution < -0.4 is 0 Å². The Labute approximate surface area is 132 Å². The maximum atomic E-state index is 9.78. The Hall–Kier alpha value is -1.14. The van der Waals surface area contributed by atoms with Gasteiger partial charge in [0.15, 0.2) is 5.82 Å². The summed E-state index contributed by atoms with van der Waals surface area (Å²) in [5, 5.41) is 15.4. The molecule has 1 N–H and O–H groups in total. The maximum Gasteiger partial charge on any atom is 0.258 e. The highest BCUT2D eigenvalue weighted by Gasteiger charge is 2.30. The van der Waals surface area contributed by atoms with Gasteiger partial charge in [-0.2, -0.15) is 16.7 Å². The third-order valence-electron chi connectivity index (χ3n) is 3.74. The van der Waals surface area contributed by atoms with Crippen LogP contribution in [0.25, 0.3) is 11.5 Å². The standard InChI is InChI=1S/C15H18N2O2S2/c1-8-4-5-11(6-12(8)18)15-16-14(17-19-15)13-7-20-9(2)10(3)21-13/h4-6,9-10,13,18H,7H2,1-3H3. The van der Waals surface area contributed by atoms with Gasteiger partial charge in [-0.1, -0.05) is 25.1 Å². The number of phenols is 1. The summed E-state index contributed by atoms with van der Waals surface area (Å²) in [5.41, 5.74) is 1.59. The van der Waals surface area contributed by atoms with E-state index in [9.17, 15) is 5.11 Å². The molecule has 2 heterocycles. The summed E-state index contributed by atoms with van der Waals surface area (Å²) >= 11 is 3.86. The zero-order chi connectivity index (χ0) is 15.0. The molecule has 0 spiro atoms. The number of nitrogens with zero attached hydrogens (tertiary/aromatic N) is 2. The molecule has 1 aliphatic heterocycles. The summed E-state index contributed by atoms with van der Waals surface area (Å²) in [7, 11) is 0. The van der Waals surface area contributed by atoms with Gasteiger partial charge in [0.25, 0.3) is 5.89 Å². The van der Waals surface area contributed by atoms with Gasteiger partial charge in [-0.3, -0.25) is 0 Å². The van der Waals surface area contributed by atoms with E-state index < -0.39 is 0 Å². The first-order chi connectivity index (χ1) is 10.0. The highest BCUT2D eigenvalue weighted by Crippen LogP contribution is 2.43. The topological polar surface area (TPSA) is 59.2 Å². The van der Waals surface area contributed by atoms with Crippen LogP contribution in [0.3, 0.4) is 0 Å². The van der Waals surface area contributed by atoms with Crippen molar-refractivity contribution >= 4 is 23.5 Å². The van der Waals surface area contributed by atoms with Crippen LogP contribution in [-0.2, 0) is 0 Å². The second kappa shape index (κ2) is 5.93. The maximum absolute atomic E-state index is 9.78. The molecule has 6 heteroatoms. The van der Waals surface area contributed by atoms with Crippen LogP contribution in [0, 0.1) is 6.92 Å². The molecule has 1 aromatic heterocycles. The average Bonchev–Trinajstić information content (AvgIpc) is 2.94. The van der Waals surface area contributed by atoms with E-state index in [1.807, 2.05) is 42.6 Å². The van der Waals surface area contributed by atoms with Crippen LogP contribution in [0.5, 0.6) is 5.75 Å². The van der Waals surface area contributed by atoms with E-state index in [-0.39, 0.29) is 11.0 Å². The molecule has 0 radical (unpaired) electrons. The molecule has 0 aliphatic carbocycles. The lowest BCUT2D eigenvalue weighted by Crippen LogP contribution is -2.22. The number of benzene rings is 1. The highest BCUT2D eigenvalue weighted by molar-refractivity contribution is 8.07. The minimum Gasteiger partial charge on any atom is -0.508 e. The fourth-order valence-corrected chi connectivity index (χ4v) is 4.98. The minimum absolute atomic E-state index is 0.247. The number of phenolic OH excluding ortho intramolecular Hbond substituents is 1. The van der Waals surface area contributed by atoms with Gasteiger partial charge in [0.2, 0.25) is 0 Å². The van der Waals surface area contributed by atoms with Gasteiger partial charge in [-0.25, -0.2) is 0 Å². The molecule has 3 atom stereocenters. The van der Waals surface area contributed by atoms with Crippen molar-refractivity contribution in [3.05, 3.63) is 29.6 Å². The monoisotopic (exact) mass is 322 g/mol. The van der Waals surface area contributed by atoms with Crippen molar-refractivity contribution < 1.29 is 9.63 Å². The number of hydrogen-bond donors (Lipinski definition) is 1. The summed E-state index contributed by atoms with van der Waals surface area (Å²) in [6.45, 7) is 6.36. The molecule has 4 nitrogen and oxygen atoms in total. The normalized spacial score (nSPS) is 26.0. The first-order valence-corrected chi connectivity index (χ1v) is 8.94. The van der Waals surface area contributed by atoms with Crippen LogP contribution in [-0.4, -0.2) is 31.5 Å². The van der Waals surface area contributed by atoms with Gasteiger partial charge < -0.3 is 9.63 Å². The molecule has 3 rings (SSSR count). The summed E-state index contributed by atoms with van der Waals surface area (Å²) in [6, 6.07) is 5.41. The molecular weight excluding hydrogens is 304 g/mol. The molecule has 2 aromatic rings. The number of hydrogen-bond acceptors (Lipinski definition) is 6. The van der Waals surface area contributed by atoms with Crippen LogP contribution in [0.4, 0.5) is 0 Å². The van der Waals surface area contributed by atoms with Crippen molar-refractivity contribution in [3.8, 4) is 17.2 Å². The predicted octanol–water partition coefficient (Wildman–Crippen LogP) is 4.05. The third kappa shape index (κ3) is 3.06. The van der Waals surface area contributed by atoms with Gasteiger partial charge in [0.1, 0.15) is 5.75 Å². The quantitative estimate of drug-likeness (QED) is 0.900. The SMILES string of the molecule is Cc1ccc(-c2nc(C3CSC(C)C(C)S3)no2)cc1O. The number of aromatic hydroxyl groups is 1. The first-order valence-electron chi connectivity index (χ1n) is 6.95. The van der Waals surface area contributed by atoms with E-state index in [4.69, 9.17) is 4.52 Å². The third-order valence-corrected chi connectivity index (χ3v) is 7.12. The molecular formula is C15H18N2O2S2. The van der Waals surface area contributed by atoms with Crippen molar-refractivity contribution in [3.63, 3.8) is 0 Å². The van der Waals surface area contributed by atoms with Crippen molar-refractivity contribution in [2.75, 3.05) is 5.75 Å². The van der Waals surface area contributed by atoms with Crippen molar-refractivity contribution in [2.45, 2.75) is 36.5 Å². The molecule has 3 unspecified atom stereocenters. The smallest absolute Gasteiger partial charge is 0.258 e. The molecule has 1 fully saturated rings. The largest absolute Gasteiger partial charge is 0.508 e. The van der Waals surface area contributed by atoms with Crippen LogP contribution >= 0.6 is 23.5 Å². The lowest BCUT2D eigenvalue weighted by molar-refractivity contribution is 0.422. The van der Waals surface area contributed by atoms with E-state index in [0.29, 0.717) is 16.4 Å². The fourth-order valence-electron chi connectivity index (χ4n) is 2.14. The highest BCUT2D eigenvalue weighted by atomic mass is 32.2. The lowest BCUT2D eigenvalue weighted by Gasteiger charge is -2.29. The van der Waals surface area contributed by atoms with Gasteiger partial charge in [0.05, 0.1) is 5.25 Å². The summed E-state index contributed by atoms with van der Waals surface area (Å²) in [5.74, 6) is 2.48. The summed E-state index contributed by atoms with van der Waals surface area (Å²) < 4.78 is 5.37. The number of rotatable bonds is 2. The zero-order valence-corrected chi connectivity index (χ0v) is 13.9. The number of aromatic nitrogens is 2. The van der Waals surface area contributed by atoms with Crippen LogP contribution in [0.1, 0.15) is 30.5 Å². The van der Waals surface area contributed by atoms with Crippen LogP contribution in [0.2, 0.25) is 0 Å². The van der Waals surface area contributed by atoms with Crippen LogP contribution in [0.15, 0.2) is 22.7 Å². The van der Waals surface area contributed by atoms with Crippen molar-refractivity contribution in [2.24, 2.45) is 0 Å². The van der Waals surface area contributed by atoms with E-state index in [1.54, 1.807) is 6.07 Å². The minimum atomic E-state index is 0.247. The Morgan fingerprint density at radius 2 is 2.10 bits per heavy atom. The van der Waals surface area contributed by atoms with E-state index >= 15 is 0 Å². The molecule has 21 heavy (non-hydrogen) atoms. The van der Waals surface area contributed by atoms with Gasteiger partial charge >= 0.3 is 0 Å². The van der Waals surface area contributed by atoms with E-state index in [1.165, 1.54) is 0 Å². The molecule has 0 amide bonds.